The molecule has 23 heavy (non-hydrogen) atoms. The summed E-state index contributed by atoms with van der Waals surface area (Å²) < 4.78 is 28.7. The van der Waals surface area contributed by atoms with Crippen LogP contribution in [0.4, 0.5) is 8.78 Å². The van der Waals surface area contributed by atoms with Gasteiger partial charge in [0.25, 0.3) is 6.43 Å². The van der Waals surface area contributed by atoms with Crippen molar-refractivity contribution in [3.8, 4) is 11.5 Å². The molecule has 0 aliphatic rings. The van der Waals surface area contributed by atoms with Crippen LogP contribution < -0.4 is 0 Å². The number of hydrogen-bond donors (Lipinski definition) is 0. The van der Waals surface area contributed by atoms with Gasteiger partial charge in [-0.05, 0) is 39.9 Å². The second-order valence-corrected chi connectivity index (χ2v) is 6.90. The van der Waals surface area contributed by atoms with Gasteiger partial charge in [-0.15, -0.1) is 11.8 Å². The van der Waals surface area contributed by atoms with Crippen molar-refractivity contribution >= 4 is 38.9 Å². The lowest BCUT2D eigenvalue weighted by Crippen LogP contribution is -1.97. The minimum absolute atomic E-state index is 0.135. The maximum atomic E-state index is 13.3. The van der Waals surface area contributed by atoms with Crippen LogP contribution in [0.2, 0.25) is 0 Å². The van der Waals surface area contributed by atoms with Gasteiger partial charge in [0, 0.05) is 23.7 Å². The number of halogens is 3. The second kappa shape index (κ2) is 6.52. The van der Waals surface area contributed by atoms with Crippen LogP contribution >= 0.6 is 27.7 Å². The van der Waals surface area contributed by atoms with Crippen molar-refractivity contribution in [2.24, 2.45) is 7.05 Å². The first kappa shape index (κ1) is 16.3. The minimum atomic E-state index is -2.62. The van der Waals surface area contributed by atoms with Crippen LogP contribution in [0.3, 0.4) is 0 Å². The summed E-state index contributed by atoms with van der Waals surface area (Å²) >= 11 is 4.82. The Balaban J connectivity index is 2.28. The number of thioether (sulfide) groups is 1. The molecule has 0 radical (unpaired) electrons. The minimum Gasteiger partial charge on any atom is -0.310 e. The molecule has 4 nitrogen and oxygen atoms in total. The van der Waals surface area contributed by atoms with Crippen molar-refractivity contribution in [1.82, 2.24) is 19.5 Å². The van der Waals surface area contributed by atoms with Crippen LogP contribution in [-0.2, 0) is 7.05 Å². The van der Waals surface area contributed by atoms with Crippen molar-refractivity contribution in [2.45, 2.75) is 18.2 Å². The van der Waals surface area contributed by atoms with E-state index < -0.39 is 6.43 Å². The predicted octanol–water partition coefficient (Wildman–Crippen LogP) is 4.84. The van der Waals surface area contributed by atoms with Gasteiger partial charge in [0.05, 0.1) is 0 Å². The highest BCUT2D eigenvalue weighted by molar-refractivity contribution is 9.10. The Bertz CT molecular complexity index is 866. The lowest BCUT2D eigenvalue weighted by molar-refractivity contribution is 0.153. The summed E-state index contributed by atoms with van der Waals surface area (Å²) in [6, 6.07) is 5.11. The molecule has 0 saturated carbocycles. The van der Waals surface area contributed by atoms with E-state index in [1.807, 2.05) is 19.1 Å². The van der Waals surface area contributed by atoms with Crippen molar-refractivity contribution in [2.75, 3.05) is 5.75 Å². The van der Waals surface area contributed by atoms with E-state index in [-0.39, 0.29) is 11.1 Å². The van der Waals surface area contributed by atoms with Crippen LogP contribution in [0, 0.1) is 0 Å². The molecule has 0 unspecified atom stereocenters. The third-order valence-electron chi connectivity index (χ3n) is 3.34. The van der Waals surface area contributed by atoms with Gasteiger partial charge < -0.3 is 4.57 Å². The first-order valence-electron chi connectivity index (χ1n) is 6.92. The Hall–Kier alpha value is -1.54. The zero-order valence-corrected chi connectivity index (χ0v) is 14.8. The topological polar surface area (TPSA) is 43.6 Å². The molecule has 0 saturated heterocycles. The van der Waals surface area contributed by atoms with Crippen LogP contribution in [0.5, 0.6) is 0 Å². The summed E-state index contributed by atoms with van der Waals surface area (Å²) in [7, 11) is 1.76. The van der Waals surface area contributed by atoms with Gasteiger partial charge in [0.1, 0.15) is 15.8 Å². The summed E-state index contributed by atoms with van der Waals surface area (Å²) in [6.07, 6.45) is -0.945. The van der Waals surface area contributed by atoms with Crippen LogP contribution in [0.15, 0.2) is 33.9 Å². The number of rotatable bonds is 4. The van der Waals surface area contributed by atoms with E-state index in [0.717, 1.165) is 10.6 Å². The summed E-state index contributed by atoms with van der Waals surface area (Å²) in [6.45, 7) is 2.05. The maximum absolute atomic E-state index is 13.3. The standard InChI is InChI=1S/C15H13BrF2N4S/c1-3-23-9-5-4-6-19-12(9)15-21-11-8(13(17)18)7-10(16)20-14(11)22(15)2/h4-7,13H,3H2,1-2H3. The average Bonchev–Trinajstić information content (AvgIpc) is 2.84. The number of alkyl halides is 2. The van der Waals surface area contributed by atoms with Gasteiger partial charge in [-0.1, -0.05) is 6.92 Å². The Kier molecular flexibility index (Phi) is 4.63. The second-order valence-electron chi connectivity index (χ2n) is 4.78. The summed E-state index contributed by atoms with van der Waals surface area (Å²) in [5, 5.41) is 0. The molecule has 0 aromatic carbocycles. The molecule has 120 valence electrons. The van der Waals surface area contributed by atoms with Crippen molar-refractivity contribution in [3.05, 3.63) is 34.6 Å². The number of imidazole rings is 1. The van der Waals surface area contributed by atoms with E-state index in [2.05, 4.69) is 30.9 Å². The Morgan fingerprint density at radius 2 is 2.13 bits per heavy atom. The number of aromatic nitrogens is 4. The van der Waals surface area contributed by atoms with E-state index in [1.54, 1.807) is 29.6 Å². The number of hydrogen-bond acceptors (Lipinski definition) is 4. The lowest BCUT2D eigenvalue weighted by Gasteiger charge is -2.06. The van der Waals surface area contributed by atoms with E-state index in [4.69, 9.17) is 0 Å². The largest absolute Gasteiger partial charge is 0.310 e. The molecule has 3 aromatic heterocycles. The highest BCUT2D eigenvalue weighted by atomic mass is 79.9. The van der Waals surface area contributed by atoms with Crippen LogP contribution in [-0.4, -0.2) is 25.3 Å². The number of pyridine rings is 2. The zero-order valence-electron chi connectivity index (χ0n) is 12.4. The normalized spacial score (nSPS) is 11.6. The molecule has 0 amide bonds. The molecule has 3 rings (SSSR count). The fourth-order valence-corrected chi connectivity index (χ4v) is 3.53. The highest BCUT2D eigenvalue weighted by Crippen LogP contribution is 2.34. The van der Waals surface area contributed by atoms with Crippen LogP contribution in [0.25, 0.3) is 22.7 Å². The average molecular weight is 399 g/mol. The van der Waals surface area contributed by atoms with E-state index in [9.17, 15) is 8.78 Å². The Morgan fingerprint density at radius 3 is 2.83 bits per heavy atom. The number of nitrogens with zero attached hydrogens (tertiary/aromatic N) is 4. The molecular formula is C15H13BrF2N4S. The highest BCUT2D eigenvalue weighted by Gasteiger charge is 2.21. The van der Waals surface area contributed by atoms with Gasteiger partial charge in [0.2, 0.25) is 0 Å². The van der Waals surface area contributed by atoms with Crippen molar-refractivity contribution in [3.63, 3.8) is 0 Å². The molecule has 0 aliphatic carbocycles. The summed E-state index contributed by atoms with van der Waals surface area (Å²) in [4.78, 5) is 14.1. The van der Waals surface area contributed by atoms with Gasteiger partial charge in [-0.3, -0.25) is 4.98 Å². The molecule has 0 aliphatic heterocycles. The van der Waals surface area contributed by atoms with Gasteiger partial charge in [-0.25, -0.2) is 18.7 Å². The molecule has 0 atom stereocenters. The molecule has 3 heterocycles. The van der Waals surface area contributed by atoms with E-state index >= 15 is 0 Å². The van der Waals surface area contributed by atoms with Gasteiger partial charge in [0.15, 0.2) is 11.5 Å². The Labute approximate surface area is 144 Å². The van der Waals surface area contributed by atoms with Crippen LogP contribution in [0.1, 0.15) is 18.9 Å². The molecule has 8 heteroatoms. The Morgan fingerprint density at radius 1 is 1.35 bits per heavy atom. The summed E-state index contributed by atoms with van der Waals surface area (Å²) in [5.74, 6) is 1.42. The van der Waals surface area contributed by atoms with Gasteiger partial charge in [-0.2, -0.15) is 0 Å². The third kappa shape index (κ3) is 2.97. The molecule has 0 fully saturated rings. The smallest absolute Gasteiger partial charge is 0.266 e. The van der Waals surface area contributed by atoms with Gasteiger partial charge >= 0.3 is 0 Å². The third-order valence-corrected chi connectivity index (χ3v) is 4.68. The fourth-order valence-electron chi connectivity index (χ4n) is 2.35. The van der Waals surface area contributed by atoms with E-state index in [1.165, 1.54) is 6.07 Å². The first-order chi connectivity index (χ1) is 11.0. The fraction of sp³-hybridized carbons (Fsp3) is 0.267. The van der Waals surface area contributed by atoms with Crippen molar-refractivity contribution in [1.29, 1.82) is 0 Å². The number of fused-ring (bicyclic) bond motifs is 1. The summed E-state index contributed by atoms with van der Waals surface area (Å²) in [5.41, 5.74) is 1.15. The van der Waals surface area contributed by atoms with Crippen molar-refractivity contribution < 1.29 is 8.78 Å². The molecule has 0 spiro atoms. The quantitative estimate of drug-likeness (QED) is 0.465. The maximum Gasteiger partial charge on any atom is 0.266 e. The monoisotopic (exact) mass is 398 g/mol. The first-order valence-corrected chi connectivity index (χ1v) is 8.70. The lowest BCUT2D eigenvalue weighted by atomic mass is 10.2. The van der Waals surface area contributed by atoms with E-state index in [0.29, 0.717) is 21.8 Å². The zero-order chi connectivity index (χ0) is 16.6. The molecule has 3 aromatic rings. The predicted molar refractivity (Wildman–Crippen MR) is 90.8 cm³/mol. The molecule has 0 bridgehead atoms. The molecular weight excluding hydrogens is 386 g/mol. The molecule has 0 N–H and O–H groups in total. The number of aryl methyl sites for hydroxylation is 1. The SMILES string of the molecule is CCSc1cccnc1-c1nc2c(C(F)F)cc(Br)nc2n1C.